The Bertz CT molecular complexity index is 1230. The van der Waals surface area contributed by atoms with Crippen LogP contribution in [0.4, 0.5) is 11.5 Å². The molecule has 0 aliphatic carbocycles. The third-order valence-electron chi connectivity index (χ3n) is 5.83. The van der Waals surface area contributed by atoms with Crippen LogP contribution in [-0.4, -0.2) is 58.7 Å². The van der Waals surface area contributed by atoms with Gasteiger partial charge in [-0.3, -0.25) is 9.30 Å². The number of nitrogens with two attached hydrogens (primary N) is 1. The Labute approximate surface area is 185 Å². The van der Waals surface area contributed by atoms with Crippen LogP contribution >= 0.6 is 11.6 Å². The summed E-state index contributed by atoms with van der Waals surface area (Å²) in [5.74, 6) is 0.448. The highest BCUT2D eigenvalue weighted by molar-refractivity contribution is 6.34. The van der Waals surface area contributed by atoms with E-state index < -0.39 is 0 Å². The number of fused-ring (bicyclic) bond motifs is 3. The fraction of sp³-hybridized carbons (Fsp3) is 0.304. The van der Waals surface area contributed by atoms with Gasteiger partial charge in [0.2, 0.25) is 0 Å². The summed E-state index contributed by atoms with van der Waals surface area (Å²) in [7, 11) is 0. The van der Waals surface area contributed by atoms with E-state index in [1.54, 1.807) is 12.5 Å². The quantitative estimate of drug-likeness (QED) is 0.494. The van der Waals surface area contributed by atoms with Crippen molar-refractivity contribution in [3.8, 4) is 11.1 Å². The van der Waals surface area contributed by atoms with Gasteiger partial charge in [-0.05, 0) is 30.7 Å². The normalized spacial score (nSPS) is 15.0. The molecular formula is C23H25ClN6O. The number of aromatic nitrogens is 3. The molecule has 160 valence electrons. The van der Waals surface area contributed by atoms with Crippen molar-refractivity contribution >= 4 is 39.7 Å². The Kier molecular flexibility index (Phi) is 5.40. The topological polar surface area (TPSA) is 80.7 Å². The van der Waals surface area contributed by atoms with Crippen LogP contribution in [0.15, 0.2) is 42.9 Å². The molecule has 8 heteroatoms. The largest absolute Gasteiger partial charge is 0.384 e. The van der Waals surface area contributed by atoms with Gasteiger partial charge in [0, 0.05) is 48.0 Å². The number of imidazole rings is 1. The summed E-state index contributed by atoms with van der Waals surface area (Å²) >= 11 is 6.64. The molecule has 5 rings (SSSR count). The van der Waals surface area contributed by atoms with Gasteiger partial charge in [0.05, 0.1) is 36.8 Å². The van der Waals surface area contributed by atoms with Crippen LogP contribution in [0.2, 0.25) is 5.02 Å². The molecule has 0 spiro atoms. The number of nitrogen functional groups attached to an aromatic ring is 1. The highest BCUT2D eigenvalue weighted by Gasteiger charge is 2.17. The molecule has 0 unspecified atom stereocenters. The second kappa shape index (κ2) is 8.34. The Morgan fingerprint density at radius 3 is 2.84 bits per heavy atom. The first-order chi connectivity index (χ1) is 15.1. The SMILES string of the molecule is Cc1cccc(Cl)c1-c1cc(NCCN2CCOCC2)cc2c1nc(N)c1cncn12. The minimum absolute atomic E-state index is 0.448. The van der Waals surface area contributed by atoms with E-state index >= 15 is 0 Å². The lowest BCUT2D eigenvalue weighted by Crippen LogP contribution is -2.39. The average Bonchev–Trinajstić information content (AvgIpc) is 3.26. The smallest absolute Gasteiger partial charge is 0.150 e. The molecule has 3 heterocycles. The first-order valence-corrected chi connectivity index (χ1v) is 10.8. The van der Waals surface area contributed by atoms with E-state index in [-0.39, 0.29) is 0 Å². The highest BCUT2D eigenvalue weighted by atomic mass is 35.5. The molecule has 3 N–H and O–H groups in total. The number of benzene rings is 2. The average molecular weight is 437 g/mol. The molecule has 0 atom stereocenters. The lowest BCUT2D eigenvalue weighted by atomic mass is 9.98. The second-order valence-electron chi connectivity index (χ2n) is 7.85. The number of rotatable bonds is 5. The third-order valence-corrected chi connectivity index (χ3v) is 6.15. The van der Waals surface area contributed by atoms with Gasteiger partial charge in [-0.2, -0.15) is 0 Å². The summed E-state index contributed by atoms with van der Waals surface area (Å²) in [5.41, 5.74) is 12.8. The van der Waals surface area contributed by atoms with Gasteiger partial charge in [0.15, 0.2) is 0 Å². The van der Waals surface area contributed by atoms with Crippen molar-refractivity contribution in [3.05, 3.63) is 53.4 Å². The number of ether oxygens (including phenoxy) is 1. The van der Waals surface area contributed by atoms with Gasteiger partial charge >= 0.3 is 0 Å². The number of anilines is 2. The number of nitrogens with zero attached hydrogens (tertiary/aromatic N) is 4. The highest BCUT2D eigenvalue weighted by Crippen LogP contribution is 2.38. The van der Waals surface area contributed by atoms with Crippen LogP contribution in [-0.2, 0) is 4.74 Å². The molecule has 2 aromatic carbocycles. The zero-order valence-corrected chi connectivity index (χ0v) is 18.2. The number of aryl methyl sites for hydroxylation is 1. The minimum atomic E-state index is 0.448. The molecule has 0 radical (unpaired) electrons. The van der Waals surface area contributed by atoms with E-state index in [1.165, 1.54) is 0 Å². The van der Waals surface area contributed by atoms with Crippen molar-refractivity contribution in [2.45, 2.75) is 6.92 Å². The van der Waals surface area contributed by atoms with Gasteiger partial charge in [-0.25, -0.2) is 9.97 Å². The number of nitrogens with one attached hydrogen (secondary N) is 1. The number of halogens is 1. The third kappa shape index (κ3) is 3.80. The summed E-state index contributed by atoms with van der Waals surface area (Å²) < 4.78 is 7.43. The Balaban J connectivity index is 1.60. The lowest BCUT2D eigenvalue weighted by molar-refractivity contribution is 0.0398. The Morgan fingerprint density at radius 1 is 1.19 bits per heavy atom. The predicted molar refractivity (Wildman–Crippen MR) is 126 cm³/mol. The number of morpholine rings is 1. The van der Waals surface area contributed by atoms with Crippen molar-refractivity contribution in [2.75, 3.05) is 50.4 Å². The molecule has 0 saturated carbocycles. The summed E-state index contributed by atoms with van der Waals surface area (Å²) in [6.45, 7) is 7.41. The molecule has 0 bridgehead atoms. The van der Waals surface area contributed by atoms with E-state index in [0.717, 1.165) is 78.3 Å². The maximum Gasteiger partial charge on any atom is 0.150 e. The standard InChI is InChI=1S/C23H25ClN6O/c1-15-3-2-4-18(24)21(15)17-11-16(27-5-6-29-7-9-31-10-8-29)12-19-22(17)28-23(25)20-13-26-14-30(19)20/h2-4,11-14,27H,5-10H2,1H3,(H2,25,28). The number of hydrogen-bond donors (Lipinski definition) is 2. The Morgan fingerprint density at radius 2 is 2.03 bits per heavy atom. The van der Waals surface area contributed by atoms with Crippen molar-refractivity contribution in [1.82, 2.24) is 19.3 Å². The maximum atomic E-state index is 6.64. The molecule has 1 fully saturated rings. The number of hydrogen-bond acceptors (Lipinski definition) is 6. The zero-order chi connectivity index (χ0) is 21.4. The van der Waals surface area contributed by atoms with E-state index in [9.17, 15) is 0 Å². The van der Waals surface area contributed by atoms with E-state index in [0.29, 0.717) is 10.8 Å². The molecule has 1 aliphatic rings. The molecule has 31 heavy (non-hydrogen) atoms. The summed E-state index contributed by atoms with van der Waals surface area (Å²) in [4.78, 5) is 11.4. The van der Waals surface area contributed by atoms with Gasteiger partial charge in [0.1, 0.15) is 11.3 Å². The minimum Gasteiger partial charge on any atom is -0.384 e. The fourth-order valence-electron chi connectivity index (χ4n) is 4.22. The van der Waals surface area contributed by atoms with Crippen LogP contribution in [0.5, 0.6) is 0 Å². The van der Waals surface area contributed by atoms with Gasteiger partial charge in [-0.1, -0.05) is 23.7 Å². The maximum absolute atomic E-state index is 6.64. The van der Waals surface area contributed by atoms with Crippen LogP contribution in [0.3, 0.4) is 0 Å². The van der Waals surface area contributed by atoms with E-state index in [4.69, 9.17) is 27.1 Å². The van der Waals surface area contributed by atoms with Crippen LogP contribution in [0, 0.1) is 6.92 Å². The van der Waals surface area contributed by atoms with Crippen molar-refractivity contribution in [3.63, 3.8) is 0 Å². The first-order valence-electron chi connectivity index (χ1n) is 10.5. The molecule has 1 saturated heterocycles. The molecule has 4 aromatic rings. The van der Waals surface area contributed by atoms with Crippen molar-refractivity contribution in [1.29, 1.82) is 0 Å². The summed E-state index contributed by atoms with van der Waals surface area (Å²) in [5, 5.41) is 4.28. The predicted octanol–water partition coefficient (Wildman–Crippen LogP) is 3.84. The first kappa shape index (κ1) is 20.1. The second-order valence-corrected chi connectivity index (χ2v) is 8.26. The van der Waals surface area contributed by atoms with Crippen LogP contribution in [0.25, 0.3) is 27.7 Å². The van der Waals surface area contributed by atoms with Crippen LogP contribution in [0.1, 0.15) is 5.56 Å². The van der Waals surface area contributed by atoms with Gasteiger partial charge in [-0.15, -0.1) is 0 Å². The molecule has 7 nitrogen and oxygen atoms in total. The Hall–Kier alpha value is -2.87. The summed E-state index contributed by atoms with van der Waals surface area (Å²) in [6, 6.07) is 10.2. The van der Waals surface area contributed by atoms with Crippen molar-refractivity contribution < 1.29 is 4.74 Å². The monoisotopic (exact) mass is 436 g/mol. The van der Waals surface area contributed by atoms with E-state index in [2.05, 4.69) is 40.3 Å². The van der Waals surface area contributed by atoms with Crippen LogP contribution < -0.4 is 11.1 Å². The van der Waals surface area contributed by atoms with Gasteiger partial charge in [0.25, 0.3) is 0 Å². The lowest BCUT2D eigenvalue weighted by Gasteiger charge is -2.26. The molecular weight excluding hydrogens is 412 g/mol. The zero-order valence-electron chi connectivity index (χ0n) is 17.4. The molecule has 0 amide bonds. The fourth-order valence-corrected chi connectivity index (χ4v) is 4.55. The molecule has 2 aromatic heterocycles. The molecule has 1 aliphatic heterocycles. The van der Waals surface area contributed by atoms with E-state index in [1.807, 2.05) is 16.5 Å². The summed E-state index contributed by atoms with van der Waals surface area (Å²) in [6.07, 6.45) is 3.51. The van der Waals surface area contributed by atoms with Crippen molar-refractivity contribution in [2.24, 2.45) is 0 Å². The van der Waals surface area contributed by atoms with Gasteiger partial charge < -0.3 is 15.8 Å².